The van der Waals surface area contributed by atoms with Crippen molar-refractivity contribution in [2.24, 2.45) is 0 Å². The number of fused-ring (bicyclic) bond motifs is 1. The number of imidazole rings is 1. The maximum absolute atomic E-state index is 12.6. The third-order valence-electron chi connectivity index (χ3n) is 4.82. The molecule has 7 heteroatoms. The molecule has 1 unspecified atom stereocenters. The topological polar surface area (TPSA) is 79.3 Å². The third-order valence-corrected chi connectivity index (χ3v) is 5.87. The number of amides is 1. The van der Waals surface area contributed by atoms with Gasteiger partial charge in [-0.15, -0.1) is 11.3 Å². The molecule has 0 aliphatic heterocycles. The van der Waals surface area contributed by atoms with Gasteiger partial charge in [-0.05, 0) is 55.0 Å². The first kappa shape index (κ1) is 18.2. The summed E-state index contributed by atoms with van der Waals surface area (Å²) in [6.45, 7) is 6.00. The van der Waals surface area contributed by atoms with Crippen molar-refractivity contribution in [1.82, 2.24) is 19.7 Å². The lowest BCUT2D eigenvalue weighted by Gasteiger charge is -2.10. The van der Waals surface area contributed by atoms with Gasteiger partial charge in [0.05, 0.1) is 11.7 Å². The van der Waals surface area contributed by atoms with Gasteiger partial charge in [-0.25, -0.2) is 4.98 Å². The molecule has 0 saturated carbocycles. The van der Waals surface area contributed by atoms with E-state index in [4.69, 9.17) is 0 Å². The van der Waals surface area contributed by atoms with Gasteiger partial charge in [0, 0.05) is 17.3 Å². The average molecular weight is 392 g/mol. The van der Waals surface area contributed by atoms with E-state index in [0.717, 1.165) is 16.0 Å². The molecule has 1 aromatic carbocycles. The van der Waals surface area contributed by atoms with Crippen LogP contribution in [0, 0.1) is 13.8 Å². The second kappa shape index (κ2) is 7.09. The fourth-order valence-electron chi connectivity index (χ4n) is 3.05. The molecule has 4 aromatic rings. The van der Waals surface area contributed by atoms with E-state index in [-0.39, 0.29) is 28.8 Å². The minimum atomic E-state index is -0.332. The van der Waals surface area contributed by atoms with Crippen molar-refractivity contribution in [3.63, 3.8) is 0 Å². The van der Waals surface area contributed by atoms with E-state index in [1.165, 1.54) is 5.56 Å². The molecule has 1 amide bonds. The number of carbonyl (C=O) groups is 1. The lowest BCUT2D eigenvalue weighted by Crippen LogP contribution is -2.26. The smallest absolute Gasteiger partial charge is 0.292 e. The molecule has 0 saturated heterocycles. The normalized spacial score (nSPS) is 12.2. The minimum absolute atomic E-state index is 0.123. The Morgan fingerprint density at radius 3 is 2.75 bits per heavy atom. The van der Waals surface area contributed by atoms with Crippen molar-refractivity contribution in [2.75, 3.05) is 0 Å². The summed E-state index contributed by atoms with van der Waals surface area (Å²) in [7, 11) is 0. The Labute approximate surface area is 165 Å². The molecule has 142 valence electrons. The zero-order valence-corrected chi connectivity index (χ0v) is 16.6. The van der Waals surface area contributed by atoms with Crippen molar-refractivity contribution < 1.29 is 4.79 Å². The van der Waals surface area contributed by atoms with Crippen LogP contribution in [-0.4, -0.2) is 20.3 Å². The lowest BCUT2D eigenvalue weighted by molar-refractivity contribution is 0.0936. The highest BCUT2D eigenvalue weighted by Gasteiger charge is 2.17. The Hall–Kier alpha value is -3.19. The quantitative estimate of drug-likeness (QED) is 0.553. The molecule has 3 aromatic heterocycles. The molecule has 0 fully saturated rings. The van der Waals surface area contributed by atoms with Gasteiger partial charge < -0.3 is 10.3 Å². The van der Waals surface area contributed by atoms with Gasteiger partial charge in [0.2, 0.25) is 5.65 Å². The standard InChI is InChI=1S/C21H20N4O2S/c1-12-6-7-15(9-13(12)2)16-10-25-11-17(23-19(25)21(27)24-16)20(26)22-14(3)18-5-4-8-28-18/h4-11,14H,1-3H3,(H,22,26)(H,24,27). The molecule has 0 aliphatic rings. The van der Waals surface area contributed by atoms with E-state index >= 15 is 0 Å². The average Bonchev–Trinajstić information content (AvgIpc) is 3.33. The second-order valence-electron chi connectivity index (χ2n) is 6.86. The van der Waals surface area contributed by atoms with Crippen molar-refractivity contribution >= 4 is 22.9 Å². The monoisotopic (exact) mass is 392 g/mol. The number of hydrogen-bond donors (Lipinski definition) is 2. The molecule has 0 aliphatic carbocycles. The van der Waals surface area contributed by atoms with Gasteiger partial charge in [0.1, 0.15) is 5.69 Å². The third kappa shape index (κ3) is 3.36. The van der Waals surface area contributed by atoms with E-state index in [9.17, 15) is 9.59 Å². The summed E-state index contributed by atoms with van der Waals surface area (Å²) < 4.78 is 1.61. The predicted octanol–water partition coefficient (Wildman–Crippen LogP) is 3.86. The molecule has 6 nitrogen and oxygen atoms in total. The number of rotatable bonds is 4. The maximum atomic E-state index is 12.6. The Morgan fingerprint density at radius 1 is 1.21 bits per heavy atom. The van der Waals surface area contributed by atoms with Crippen LogP contribution in [0.5, 0.6) is 0 Å². The zero-order chi connectivity index (χ0) is 19.8. The van der Waals surface area contributed by atoms with E-state index in [0.29, 0.717) is 5.69 Å². The number of thiophene rings is 1. The molecular formula is C21H20N4O2S. The molecule has 3 heterocycles. The first-order valence-corrected chi connectivity index (χ1v) is 9.84. The van der Waals surface area contributed by atoms with Crippen LogP contribution < -0.4 is 10.9 Å². The van der Waals surface area contributed by atoms with Gasteiger partial charge in [-0.1, -0.05) is 18.2 Å². The summed E-state index contributed by atoms with van der Waals surface area (Å²) in [6, 6.07) is 9.81. The van der Waals surface area contributed by atoms with Crippen molar-refractivity contribution in [1.29, 1.82) is 0 Å². The lowest BCUT2D eigenvalue weighted by atomic mass is 10.0. The van der Waals surface area contributed by atoms with Crippen LogP contribution in [0.3, 0.4) is 0 Å². The van der Waals surface area contributed by atoms with Crippen LogP contribution in [0.15, 0.2) is 52.9 Å². The molecular weight excluding hydrogens is 372 g/mol. The molecule has 2 N–H and O–H groups in total. The van der Waals surface area contributed by atoms with E-state index in [1.807, 2.05) is 56.5 Å². The summed E-state index contributed by atoms with van der Waals surface area (Å²) in [5.41, 5.74) is 4.00. The fraction of sp³-hybridized carbons (Fsp3) is 0.190. The number of nitrogens with zero attached hydrogens (tertiary/aromatic N) is 2. The largest absolute Gasteiger partial charge is 0.343 e. The molecule has 0 radical (unpaired) electrons. The van der Waals surface area contributed by atoms with Gasteiger partial charge in [0.25, 0.3) is 11.5 Å². The summed E-state index contributed by atoms with van der Waals surface area (Å²) in [5.74, 6) is -0.309. The number of nitrogens with one attached hydrogen (secondary N) is 2. The fourth-order valence-corrected chi connectivity index (χ4v) is 3.79. The number of aromatic nitrogens is 3. The van der Waals surface area contributed by atoms with Crippen LogP contribution in [0.2, 0.25) is 0 Å². The highest BCUT2D eigenvalue weighted by atomic mass is 32.1. The molecule has 0 spiro atoms. The summed E-state index contributed by atoms with van der Waals surface area (Å²) in [6.07, 6.45) is 3.37. The van der Waals surface area contributed by atoms with Crippen LogP contribution in [-0.2, 0) is 0 Å². The Balaban J connectivity index is 1.67. The molecule has 1 atom stereocenters. The highest BCUT2D eigenvalue weighted by Crippen LogP contribution is 2.21. The Kier molecular flexibility index (Phi) is 4.60. The van der Waals surface area contributed by atoms with Crippen molar-refractivity contribution in [3.05, 3.63) is 80.2 Å². The van der Waals surface area contributed by atoms with Gasteiger partial charge in [-0.3, -0.25) is 14.0 Å². The number of hydrogen-bond acceptors (Lipinski definition) is 4. The highest BCUT2D eigenvalue weighted by molar-refractivity contribution is 7.10. The van der Waals surface area contributed by atoms with Crippen molar-refractivity contribution in [2.45, 2.75) is 26.8 Å². The van der Waals surface area contributed by atoms with E-state index in [1.54, 1.807) is 28.1 Å². The van der Waals surface area contributed by atoms with Gasteiger partial charge in [-0.2, -0.15) is 0 Å². The van der Waals surface area contributed by atoms with Crippen molar-refractivity contribution in [3.8, 4) is 11.3 Å². The van der Waals surface area contributed by atoms with Crippen LogP contribution >= 0.6 is 11.3 Å². The first-order chi connectivity index (χ1) is 13.4. The summed E-state index contributed by atoms with van der Waals surface area (Å²) >= 11 is 1.58. The Morgan fingerprint density at radius 2 is 2.04 bits per heavy atom. The molecule has 28 heavy (non-hydrogen) atoms. The van der Waals surface area contributed by atoms with Crippen LogP contribution in [0.25, 0.3) is 16.9 Å². The maximum Gasteiger partial charge on any atom is 0.292 e. The number of benzene rings is 1. The van der Waals surface area contributed by atoms with Crippen LogP contribution in [0.4, 0.5) is 0 Å². The molecule has 4 rings (SSSR count). The number of aryl methyl sites for hydroxylation is 2. The minimum Gasteiger partial charge on any atom is -0.343 e. The van der Waals surface area contributed by atoms with E-state index in [2.05, 4.69) is 15.3 Å². The first-order valence-electron chi connectivity index (χ1n) is 8.96. The number of carbonyl (C=O) groups excluding carboxylic acids is 1. The zero-order valence-electron chi connectivity index (χ0n) is 15.8. The van der Waals surface area contributed by atoms with Crippen LogP contribution in [0.1, 0.15) is 39.5 Å². The van der Waals surface area contributed by atoms with Gasteiger partial charge >= 0.3 is 0 Å². The summed E-state index contributed by atoms with van der Waals surface area (Å²) in [4.78, 5) is 33.2. The predicted molar refractivity (Wildman–Crippen MR) is 111 cm³/mol. The SMILES string of the molecule is Cc1ccc(-c2cn3cc(C(=O)NC(C)c4cccs4)nc3c(=O)[nH]2)cc1C. The summed E-state index contributed by atoms with van der Waals surface area (Å²) in [5, 5.41) is 4.89. The second-order valence-corrected chi connectivity index (χ2v) is 7.84. The number of aromatic amines is 1. The Bertz CT molecular complexity index is 1220. The van der Waals surface area contributed by atoms with Gasteiger partial charge in [0.15, 0.2) is 0 Å². The number of H-pyrrole nitrogens is 1. The molecule has 0 bridgehead atoms. The van der Waals surface area contributed by atoms with E-state index < -0.39 is 0 Å².